The highest BCUT2D eigenvalue weighted by Gasteiger charge is 2.17. The second-order valence-corrected chi connectivity index (χ2v) is 6.14. The van der Waals surface area contributed by atoms with Crippen molar-refractivity contribution in [2.45, 2.75) is 6.42 Å². The second-order valence-electron chi connectivity index (χ2n) is 5.11. The zero-order valence-corrected chi connectivity index (χ0v) is 12.4. The zero-order valence-electron chi connectivity index (χ0n) is 11.6. The molecule has 21 heavy (non-hydrogen) atoms. The van der Waals surface area contributed by atoms with E-state index in [0.29, 0.717) is 0 Å². The Morgan fingerprint density at radius 3 is 3.00 bits per heavy atom. The summed E-state index contributed by atoms with van der Waals surface area (Å²) in [6.45, 7) is 3.88. The molecule has 1 N–H and O–H groups in total. The molecule has 4 heterocycles. The monoisotopic (exact) mass is 300 g/mol. The van der Waals surface area contributed by atoms with E-state index >= 15 is 0 Å². The summed E-state index contributed by atoms with van der Waals surface area (Å²) < 4.78 is 1.98. The van der Waals surface area contributed by atoms with Gasteiger partial charge in [0.15, 0.2) is 5.82 Å². The fourth-order valence-corrected chi connectivity index (χ4v) is 3.36. The fraction of sp³-hybridized carbons (Fsp3) is 0.357. The molecule has 6 nitrogen and oxygen atoms in total. The third kappa shape index (κ3) is 2.50. The summed E-state index contributed by atoms with van der Waals surface area (Å²) in [5.41, 5.74) is 1.89. The van der Waals surface area contributed by atoms with Crippen LogP contribution < -0.4 is 10.2 Å². The number of anilines is 1. The smallest absolute Gasteiger partial charge is 0.203 e. The Bertz CT molecular complexity index is 729. The molecule has 1 saturated heterocycles. The molecule has 0 amide bonds. The maximum absolute atomic E-state index is 4.85. The van der Waals surface area contributed by atoms with Crippen LogP contribution in [0.3, 0.4) is 0 Å². The lowest BCUT2D eigenvalue weighted by Gasteiger charge is -2.28. The van der Waals surface area contributed by atoms with Gasteiger partial charge in [-0.05, 0) is 11.4 Å². The summed E-state index contributed by atoms with van der Waals surface area (Å²) in [6.07, 6.45) is 4.63. The topological polar surface area (TPSA) is 58.4 Å². The van der Waals surface area contributed by atoms with Gasteiger partial charge in [0.25, 0.3) is 0 Å². The number of nitrogens with zero attached hydrogens (tertiary/aromatic N) is 5. The number of rotatable bonds is 3. The van der Waals surface area contributed by atoms with Crippen molar-refractivity contribution in [3.05, 3.63) is 40.6 Å². The van der Waals surface area contributed by atoms with Crippen molar-refractivity contribution in [1.29, 1.82) is 0 Å². The molecule has 0 aliphatic carbocycles. The van der Waals surface area contributed by atoms with Crippen LogP contribution in [0.2, 0.25) is 0 Å². The summed E-state index contributed by atoms with van der Waals surface area (Å²) in [6, 6.07) is 4.22. The number of nitrogens with one attached hydrogen (secondary N) is 1. The minimum absolute atomic E-state index is 0.840. The first-order valence-electron chi connectivity index (χ1n) is 7.07. The molecular weight excluding hydrogens is 284 g/mol. The summed E-state index contributed by atoms with van der Waals surface area (Å²) in [5.74, 6) is 0.947. The lowest BCUT2D eigenvalue weighted by Crippen LogP contribution is -2.44. The maximum atomic E-state index is 4.85. The van der Waals surface area contributed by atoms with Crippen molar-refractivity contribution in [3.8, 4) is 0 Å². The van der Waals surface area contributed by atoms with E-state index in [4.69, 9.17) is 4.98 Å². The van der Waals surface area contributed by atoms with Crippen LogP contribution in [0, 0.1) is 0 Å². The third-order valence-electron chi connectivity index (χ3n) is 3.66. The Balaban J connectivity index is 1.74. The van der Waals surface area contributed by atoms with Gasteiger partial charge in [0.2, 0.25) is 5.65 Å². The van der Waals surface area contributed by atoms with Crippen molar-refractivity contribution in [1.82, 2.24) is 24.9 Å². The van der Waals surface area contributed by atoms with E-state index in [-0.39, 0.29) is 0 Å². The molecule has 1 aliphatic heterocycles. The molecule has 3 aromatic heterocycles. The molecule has 0 spiro atoms. The molecular formula is C14H16N6S. The van der Waals surface area contributed by atoms with Gasteiger partial charge in [-0.2, -0.15) is 0 Å². The molecule has 0 aromatic carbocycles. The lowest BCUT2D eigenvalue weighted by atomic mass is 10.2. The van der Waals surface area contributed by atoms with Crippen LogP contribution in [0.4, 0.5) is 5.82 Å². The molecule has 0 bridgehead atoms. The molecule has 0 saturated carbocycles. The molecule has 7 heteroatoms. The quantitative estimate of drug-likeness (QED) is 0.787. The van der Waals surface area contributed by atoms with Gasteiger partial charge in [-0.25, -0.2) is 4.98 Å². The Hall–Kier alpha value is -1.99. The molecule has 4 rings (SSSR count). The first-order valence-corrected chi connectivity index (χ1v) is 7.95. The van der Waals surface area contributed by atoms with Gasteiger partial charge in [-0.1, -0.05) is 6.07 Å². The minimum Gasteiger partial charge on any atom is -0.351 e. The number of hydrogen-bond donors (Lipinski definition) is 1. The van der Waals surface area contributed by atoms with Gasteiger partial charge in [-0.15, -0.1) is 21.5 Å². The van der Waals surface area contributed by atoms with Crippen LogP contribution in [-0.2, 0) is 6.42 Å². The van der Waals surface area contributed by atoms with Gasteiger partial charge in [0.05, 0.1) is 5.69 Å². The average Bonchev–Trinajstić information content (AvgIpc) is 3.18. The zero-order chi connectivity index (χ0) is 14.1. The molecule has 108 valence electrons. The number of hydrogen-bond acceptors (Lipinski definition) is 6. The Morgan fingerprint density at radius 1 is 1.29 bits per heavy atom. The predicted octanol–water partition coefficient (Wildman–Crippen LogP) is 1.19. The molecule has 0 radical (unpaired) electrons. The fourth-order valence-electron chi connectivity index (χ4n) is 2.64. The van der Waals surface area contributed by atoms with Crippen molar-refractivity contribution in [2.24, 2.45) is 0 Å². The first-order chi connectivity index (χ1) is 10.4. The van der Waals surface area contributed by atoms with Crippen molar-refractivity contribution >= 4 is 22.8 Å². The molecule has 3 aromatic rings. The molecule has 1 aliphatic rings. The Morgan fingerprint density at radius 2 is 2.19 bits per heavy atom. The van der Waals surface area contributed by atoms with Crippen molar-refractivity contribution < 1.29 is 0 Å². The summed E-state index contributed by atoms with van der Waals surface area (Å²) in [5, 5.41) is 13.7. The van der Waals surface area contributed by atoms with E-state index in [1.807, 2.05) is 10.6 Å². The normalized spacial score (nSPS) is 15.7. The SMILES string of the molecule is c1csc(Cc2cn3cnnc3c(N3CCNCC3)n2)c1. The number of fused-ring (bicyclic) bond motifs is 1. The summed E-state index contributed by atoms with van der Waals surface area (Å²) >= 11 is 1.76. The van der Waals surface area contributed by atoms with Crippen LogP contribution >= 0.6 is 11.3 Å². The van der Waals surface area contributed by atoms with Gasteiger partial charge < -0.3 is 10.2 Å². The van der Waals surface area contributed by atoms with E-state index in [2.05, 4.69) is 37.9 Å². The van der Waals surface area contributed by atoms with E-state index in [1.165, 1.54) is 4.88 Å². The van der Waals surface area contributed by atoms with Crippen LogP contribution in [0.15, 0.2) is 30.0 Å². The summed E-state index contributed by atoms with van der Waals surface area (Å²) in [7, 11) is 0. The van der Waals surface area contributed by atoms with E-state index in [9.17, 15) is 0 Å². The number of aromatic nitrogens is 4. The standard InChI is InChI=1S/C14H16N6S/c1-2-12(21-7-1)8-11-9-20-10-16-18-14(20)13(17-11)19-5-3-15-4-6-19/h1-2,7,9-10,15H,3-6,8H2. The highest BCUT2D eigenvalue weighted by atomic mass is 32.1. The van der Waals surface area contributed by atoms with Crippen molar-refractivity contribution in [2.75, 3.05) is 31.1 Å². The van der Waals surface area contributed by atoms with E-state index in [1.54, 1.807) is 17.7 Å². The minimum atomic E-state index is 0.840. The predicted molar refractivity (Wildman–Crippen MR) is 83.0 cm³/mol. The lowest BCUT2D eigenvalue weighted by molar-refractivity contribution is 0.584. The maximum Gasteiger partial charge on any atom is 0.203 e. The number of piperazine rings is 1. The third-order valence-corrected chi connectivity index (χ3v) is 4.54. The highest BCUT2D eigenvalue weighted by Crippen LogP contribution is 2.21. The molecule has 0 unspecified atom stereocenters. The summed E-state index contributed by atoms with van der Waals surface area (Å²) in [4.78, 5) is 8.46. The van der Waals surface area contributed by atoms with Crippen LogP contribution in [0.25, 0.3) is 5.65 Å². The second kappa shape index (κ2) is 5.42. The van der Waals surface area contributed by atoms with Crippen LogP contribution in [-0.4, -0.2) is 45.8 Å². The van der Waals surface area contributed by atoms with Gasteiger partial charge in [-0.3, -0.25) is 4.40 Å². The number of thiophene rings is 1. The average molecular weight is 300 g/mol. The van der Waals surface area contributed by atoms with Crippen LogP contribution in [0.5, 0.6) is 0 Å². The Labute approximate surface area is 126 Å². The van der Waals surface area contributed by atoms with Crippen molar-refractivity contribution in [3.63, 3.8) is 0 Å². The molecule has 0 atom stereocenters. The highest BCUT2D eigenvalue weighted by molar-refractivity contribution is 7.09. The van der Waals surface area contributed by atoms with E-state index < -0.39 is 0 Å². The van der Waals surface area contributed by atoms with Gasteiger partial charge in [0, 0.05) is 43.7 Å². The molecule has 1 fully saturated rings. The largest absolute Gasteiger partial charge is 0.351 e. The first kappa shape index (κ1) is 12.7. The Kier molecular flexibility index (Phi) is 3.28. The van der Waals surface area contributed by atoms with Gasteiger partial charge >= 0.3 is 0 Å². The van der Waals surface area contributed by atoms with Crippen LogP contribution in [0.1, 0.15) is 10.6 Å². The van der Waals surface area contributed by atoms with E-state index in [0.717, 1.165) is 49.8 Å². The van der Waals surface area contributed by atoms with Gasteiger partial charge in [0.1, 0.15) is 6.33 Å².